The normalized spacial score (nSPS) is 12.9. The summed E-state index contributed by atoms with van der Waals surface area (Å²) < 4.78 is 15.2. The summed E-state index contributed by atoms with van der Waals surface area (Å²) in [6, 6.07) is 15.3. The fourth-order valence-electron chi connectivity index (χ4n) is 3.51. The molecule has 0 aliphatic carbocycles. The SMILES string of the molecule is O=C(Nc1cccc(F)c1)c1nc(C(=O)NCc2ccccc2)n2c1CCCC2. The summed E-state index contributed by atoms with van der Waals surface area (Å²) in [5, 5.41) is 5.54. The van der Waals surface area contributed by atoms with Crippen molar-refractivity contribution in [3.63, 3.8) is 0 Å². The van der Waals surface area contributed by atoms with Gasteiger partial charge in [0.2, 0.25) is 0 Å². The number of hydrogen-bond acceptors (Lipinski definition) is 3. The Kier molecular flexibility index (Phi) is 5.37. The second-order valence-corrected chi connectivity index (χ2v) is 6.97. The van der Waals surface area contributed by atoms with Gasteiger partial charge in [-0.25, -0.2) is 9.37 Å². The third-order valence-electron chi connectivity index (χ3n) is 4.91. The van der Waals surface area contributed by atoms with Crippen molar-refractivity contribution in [2.24, 2.45) is 0 Å². The number of halogens is 1. The minimum absolute atomic E-state index is 0.221. The van der Waals surface area contributed by atoms with Crippen LogP contribution in [0, 0.1) is 5.82 Å². The molecule has 0 saturated heterocycles. The maximum Gasteiger partial charge on any atom is 0.287 e. The molecule has 2 aromatic carbocycles. The Bertz CT molecular complexity index is 1050. The topological polar surface area (TPSA) is 76.0 Å². The van der Waals surface area contributed by atoms with E-state index in [-0.39, 0.29) is 17.4 Å². The highest BCUT2D eigenvalue weighted by Crippen LogP contribution is 2.22. The molecule has 7 heteroatoms. The fraction of sp³-hybridized carbons (Fsp3) is 0.227. The van der Waals surface area contributed by atoms with Crippen LogP contribution in [-0.4, -0.2) is 21.4 Å². The van der Waals surface area contributed by atoms with Gasteiger partial charge in [-0.05, 0) is 43.0 Å². The first kappa shape index (κ1) is 18.9. The van der Waals surface area contributed by atoms with Crippen LogP contribution in [0.3, 0.4) is 0 Å². The molecule has 148 valence electrons. The van der Waals surface area contributed by atoms with E-state index in [4.69, 9.17) is 0 Å². The Balaban J connectivity index is 1.56. The molecule has 0 fully saturated rings. The number of nitrogens with one attached hydrogen (secondary N) is 2. The van der Waals surface area contributed by atoms with Crippen LogP contribution in [0.1, 0.15) is 45.2 Å². The predicted molar refractivity (Wildman–Crippen MR) is 107 cm³/mol. The van der Waals surface area contributed by atoms with Gasteiger partial charge >= 0.3 is 0 Å². The number of aromatic nitrogens is 2. The summed E-state index contributed by atoms with van der Waals surface area (Å²) in [5.41, 5.74) is 2.30. The molecule has 2 amide bonds. The van der Waals surface area contributed by atoms with E-state index in [0.29, 0.717) is 25.2 Å². The number of benzene rings is 2. The Morgan fingerprint density at radius 1 is 1.03 bits per heavy atom. The predicted octanol–water partition coefficient (Wildman–Crippen LogP) is 3.54. The maximum atomic E-state index is 13.4. The van der Waals surface area contributed by atoms with Crippen LogP contribution >= 0.6 is 0 Å². The van der Waals surface area contributed by atoms with Crippen molar-refractivity contribution < 1.29 is 14.0 Å². The third kappa shape index (κ3) is 4.18. The molecule has 29 heavy (non-hydrogen) atoms. The number of hydrogen-bond donors (Lipinski definition) is 2. The highest BCUT2D eigenvalue weighted by Gasteiger charge is 2.27. The van der Waals surface area contributed by atoms with Crippen molar-refractivity contribution in [1.82, 2.24) is 14.9 Å². The summed E-state index contributed by atoms with van der Waals surface area (Å²) in [6.45, 7) is 1.02. The average Bonchev–Trinajstić information content (AvgIpc) is 3.13. The first-order valence-electron chi connectivity index (χ1n) is 9.60. The van der Waals surface area contributed by atoms with Crippen molar-refractivity contribution >= 4 is 17.5 Å². The zero-order valence-corrected chi connectivity index (χ0v) is 15.8. The van der Waals surface area contributed by atoms with E-state index < -0.39 is 11.7 Å². The maximum absolute atomic E-state index is 13.4. The molecule has 4 rings (SSSR count). The van der Waals surface area contributed by atoms with E-state index in [0.717, 1.165) is 24.1 Å². The van der Waals surface area contributed by atoms with E-state index in [2.05, 4.69) is 15.6 Å². The summed E-state index contributed by atoms with van der Waals surface area (Å²) in [4.78, 5) is 29.9. The van der Waals surface area contributed by atoms with Crippen LogP contribution < -0.4 is 10.6 Å². The molecule has 2 heterocycles. The third-order valence-corrected chi connectivity index (χ3v) is 4.91. The number of anilines is 1. The molecule has 0 saturated carbocycles. The Morgan fingerprint density at radius 2 is 1.86 bits per heavy atom. The minimum atomic E-state index is -0.441. The monoisotopic (exact) mass is 392 g/mol. The Morgan fingerprint density at radius 3 is 2.66 bits per heavy atom. The molecule has 0 spiro atoms. The molecule has 0 radical (unpaired) electrons. The van der Waals surface area contributed by atoms with Gasteiger partial charge in [-0.2, -0.15) is 0 Å². The van der Waals surface area contributed by atoms with Crippen molar-refractivity contribution in [3.8, 4) is 0 Å². The first-order chi connectivity index (χ1) is 14.1. The summed E-state index contributed by atoms with van der Waals surface area (Å²) >= 11 is 0. The van der Waals surface area contributed by atoms with E-state index in [1.807, 2.05) is 34.9 Å². The molecule has 0 unspecified atom stereocenters. The van der Waals surface area contributed by atoms with Crippen molar-refractivity contribution in [1.29, 1.82) is 0 Å². The average molecular weight is 392 g/mol. The van der Waals surface area contributed by atoms with E-state index >= 15 is 0 Å². The fourth-order valence-corrected chi connectivity index (χ4v) is 3.51. The number of fused-ring (bicyclic) bond motifs is 1. The van der Waals surface area contributed by atoms with E-state index in [1.165, 1.54) is 18.2 Å². The number of carbonyl (C=O) groups excluding carboxylic acids is 2. The molecule has 3 aromatic rings. The zero-order chi connectivity index (χ0) is 20.2. The lowest BCUT2D eigenvalue weighted by molar-refractivity contribution is 0.0935. The lowest BCUT2D eigenvalue weighted by Gasteiger charge is -2.17. The molecular formula is C22H21FN4O2. The van der Waals surface area contributed by atoms with Crippen LogP contribution in [0.15, 0.2) is 54.6 Å². The van der Waals surface area contributed by atoms with Crippen LogP contribution in [0.4, 0.5) is 10.1 Å². The molecule has 0 atom stereocenters. The van der Waals surface area contributed by atoms with Gasteiger partial charge < -0.3 is 15.2 Å². The van der Waals surface area contributed by atoms with Crippen LogP contribution in [0.5, 0.6) is 0 Å². The van der Waals surface area contributed by atoms with Gasteiger partial charge in [0.1, 0.15) is 5.82 Å². The lowest BCUT2D eigenvalue weighted by atomic mass is 10.1. The van der Waals surface area contributed by atoms with Crippen LogP contribution in [0.25, 0.3) is 0 Å². The molecular weight excluding hydrogens is 371 g/mol. The van der Waals surface area contributed by atoms with E-state index in [1.54, 1.807) is 6.07 Å². The van der Waals surface area contributed by atoms with Gasteiger partial charge in [-0.1, -0.05) is 36.4 Å². The zero-order valence-electron chi connectivity index (χ0n) is 15.8. The standard InChI is InChI=1S/C22H21FN4O2/c23-16-9-6-10-17(13-16)25-21(28)19-18-11-4-5-12-27(18)20(26-19)22(29)24-14-15-7-2-1-3-8-15/h1-3,6-10,13H,4-5,11-12,14H2,(H,24,29)(H,25,28). The lowest BCUT2D eigenvalue weighted by Crippen LogP contribution is -2.27. The highest BCUT2D eigenvalue weighted by atomic mass is 19.1. The van der Waals surface area contributed by atoms with Crippen molar-refractivity contribution in [2.45, 2.75) is 32.4 Å². The number of amides is 2. The second kappa shape index (κ2) is 8.26. The van der Waals surface area contributed by atoms with Gasteiger partial charge in [0.25, 0.3) is 11.8 Å². The van der Waals surface area contributed by atoms with Gasteiger partial charge in [0.05, 0.1) is 5.69 Å². The van der Waals surface area contributed by atoms with Gasteiger partial charge in [-0.3, -0.25) is 9.59 Å². The molecule has 2 N–H and O–H groups in total. The number of carbonyl (C=O) groups is 2. The minimum Gasteiger partial charge on any atom is -0.345 e. The van der Waals surface area contributed by atoms with Gasteiger partial charge in [0, 0.05) is 18.8 Å². The van der Waals surface area contributed by atoms with E-state index in [9.17, 15) is 14.0 Å². The first-order valence-corrected chi connectivity index (χ1v) is 9.60. The summed E-state index contributed by atoms with van der Waals surface area (Å²) in [6.07, 6.45) is 2.52. The van der Waals surface area contributed by atoms with Crippen molar-refractivity contribution in [3.05, 3.63) is 83.2 Å². The summed E-state index contributed by atoms with van der Waals surface area (Å²) in [5.74, 6) is -0.958. The summed E-state index contributed by atoms with van der Waals surface area (Å²) in [7, 11) is 0. The van der Waals surface area contributed by atoms with Gasteiger partial charge in [-0.15, -0.1) is 0 Å². The molecule has 1 aliphatic rings. The van der Waals surface area contributed by atoms with Gasteiger partial charge in [0.15, 0.2) is 11.5 Å². The number of imidazole rings is 1. The number of nitrogens with zero attached hydrogens (tertiary/aromatic N) is 2. The molecule has 1 aromatic heterocycles. The Labute approximate surface area is 167 Å². The van der Waals surface area contributed by atoms with Crippen LogP contribution in [-0.2, 0) is 19.5 Å². The second-order valence-electron chi connectivity index (χ2n) is 6.97. The molecule has 0 bridgehead atoms. The number of rotatable bonds is 5. The Hall–Kier alpha value is -3.48. The smallest absolute Gasteiger partial charge is 0.287 e. The highest BCUT2D eigenvalue weighted by molar-refractivity contribution is 6.05. The molecule has 6 nitrogen and oxygen atoms in total. The quantitative estimate of drug-likeness (QED) is 0.697. The van der Waals surface area contributed by atoms with Crippen LogP contribution in [0.2, 0.25) is 0 Å². The van der Waals surface area contributed by atoms with Crippen molar-refractivity contribution in [2.75, 3.05) is 5.32 Å². The molecule has 1 aliphatic heterocycles. The largest absolute Gasteiger partial charge is 0.345 e.